The van der Waals surface area contributed by atoms with Gasteiger partial charge in [0.2, 0.25) is 11.8 Å². The molecule has 1 fully saturated rings. The third-order valence-electron chi connectivity index (χ3n) is 8.58. The summed E-state index contributed by atoms with van der Waals surface area (Å²) >= 11 is 6.05. The number of halogens is 1. The molecule has 0 spiro atoms. The lowest BCUT2D eigenvalue weighted by molar-refractivity contribution is -0.160. The van der Waals surface area contributed by atoms with Crippen LogP contribution in [-0.4, -0.2) is 41.2 Å². The Morgan fingerprint density at radius 3 is 1.88 bits per heavy atom. The molecule has 7 rings (SSSR count). The maximum absolute atomic E-state index is 14.1. The number of esters is 1. The predicted molar refractivity (Wildman–Crippen MR) is 154 cm³/mol. The van der Waals surface area contributed by atoms with Crippen LogP contribution in [0.3, 0.4) is 0 Å². The van der Waals surface area contributed by atoms with Crippen LogP contribution in [0.1, 0.15) is 59.9 Å². The van der Waals surface area contributed by atoms with Gasteiger partial charge in [-0.3, -0.25) is 19.3 Å². The fourth-order valence-electron chi connectivity index (χ4n) is 6.91. The zero-order valence-corrected chi connectivity index (χ0v) is 23.9. The van der Waals surface area contributed by atoms with E-state index in [4.69, 9.17) is 16.3 Å². The summed E-state index contributed by atoms with van der Waals surface area (Å²) in [6.45, 7) is 5.11. The van der Waals surface area contributed by atoms with E-state index in [1.807, 2.05) is 69.3 Å². The second-order valence-corrected chi connectivity index (χ2v) is 12.0. The Morgan fingerprint density at radius 2 is 1.39 bits per heavy atom. The van der Waals surface area contributed by atoms with Crippen molar-refractivity contribution in [2.24, 2.45) is 17.8 Å². The monoisotopic (exact) mass is 570 g/mol. The molecular formula is C33H31ClN2O5. The fourth-order valence-corrected chi connectivity index (χ4v) is 7.08. The number of rotatable bonds is 7. The summed E-state index contributed by atoms with van der Waals surface area (Å²) in [4.78, 5) is 55.6. The number of benzene rings is 3. The minimum absolute atomic E-state index is 0.00942. The third-order valence-corrected chi connectivity index (χ3v) is 8.82. The number of imide groups is 1. The van der Waals surface area contributed by atoms with Crippen molar-refractivity contribution < 1.29 is 23.9 Å². The van der Waals surface area contributed by atoms with E-state index < -0.39 is 36.4 Å². The minimum atomic E-state index is -1.12. The van der Waals surface area contributed by atoms with Crippen LogP contribution >= 0.6 is 11.6 Å². The number of carbonyl (C=O) groups is 4. The van der Waals surface area contributed by atoms with Crippen molar-refractivity contribution in [3.05, 3.63) is 99.6 Å². The van der Waals surface area contributed by atoms with Crippen molar-refractivity contribution in [2.75, 3.05) is 11.9 Å². The lowest BCUT2D eigenvalue weighted by Crippen LogP contribution is -2.47. The molecule has 3 atom stereocenters. The van der Waals surface area contributed by atoms with Crippen LogP contribution in [0.2, 0.25) is 5.02 Å². The van der Waals surface area contributed by atoms with Crippen molar-refractivity contribution in [1.82, 2.24) is 4.90 Å². The average molecular weight is 571 g/mol. The number of anilines is 1. The first-order chi connectivity index (χ1) is 19.7. The van der Waals surface area contributed by atoms with Crippen molar-refractivity contribution in [3.63, 3.8) is 0 Å². The minimum Gasteiger partial charge on any atom is -0.454 e. The molecule has 3 aromatic rings. The summed E-state index contributed by atoms with van der Waals surface area (Å²) < 4.78 is 5.43. The van der Waals surface area contributed by atoms with E-state index in [1.165, 1.54) is 0 Å². The summed E-state index contributed by atoms with van der Waals surface area (Å²) in [6, 6.07) is 20.0. The topological polar surface area (TPSA) is 92.8 Å². The molecule has 0 radical (unpaired) electrons. The van der Waals surface area contributed by atoms with Crippen molar-refractivity contribution in [3.8, 4) is 0 Å². The van der Waals surface area contributed by atoms with Crippen molar-refractivity contribution >= 4 is 41.0 Å². The molecule has 0 unspecified atom stereocenters. The molecule has 1 saturated heterocycles. The van der Waals surface area contributed by atoms with Gasteiger partial charge in [0.1, 0.15) is 6.04 Å². The molecule has 41 heavy (non-hydrogen) atoms. The van der Waals surface area contributed by atoms with Gasteiger partial charge in [-0.2, -0.15) is 0 Å². The van der Waals surface area contributed by atoms with Crippen LogP contribution in [0.5, 0.6) is 0 Å². The molecule has 3 aliphatic carbocycles. The fraction of sp³-hybridized carbons (Fsp3) is 0.333. The van der Waals surface area contributed by atoms with Gasteiger partial charge in [-0.1, -0.05) is 80.0 Å². The highest BCUT2D eigenvalue weighted by Gasteiger charge is 2.63. The number of nitrogens with zero attached hydrogens (tertiary/aromatic N) is 1. The number of carbonyl (C=O) groups excluding carboxylic acids is 4. The quantitative estimate of drug-likeness (QED) is 0.302. The van der Waals surface area contributed by atoms with E-state index in [2.05, 4.69) is 5.32 Å². The molecule has 0 saturated carbocycles. The molecule has 210 valence electrons. The van der Waals surface area contributed by atoms with Gasteiger partial charge < -0.3 is 10.1 Å². The van der Waals surface area contributed by atoms with Gasteiger partial charge in [-0.05, 0) is 59.2 Å². The van der Waals surface area contributed by atoms with E-state index in [9.17, 15) is 19.2 Å². The molecule has 1 aliphatic heterocycles. The standard InChI is InChI=1S/C33H31ClN2O5/c1-17(2)14-25(33(40)41-16-26(37)35-24-15-19(34)13-12-18(24)3)36-31(38)29-27-20-8-4-5-9-21(20)28(30(29)32(36)39)23-11-7-6-10-22(23)27/h4-13,15,17,25,27-30H,14,16H2,1-3H3,(H,35,37)/t25-,27?,28?,29-,30+/m1/s1. The van der Waals surface area contributed by atoms with Crippen LogP contribution < -0.4 is 5.32 Å². The molecular weight excluding hydrogens is 540 g/mol. The normalized spacial score (nSPS) is 22.7. The Morgan fingerprint density at radius 1 is 0.878 bits per heavy atom. The van der Waals surface area contributed by atoms with Crippen LogP contribution in [0, 0.1) is 24.7 Å². The smallest absolute Gasteiger partial charge is 0.329 e. The summed E-state index contributed by atoms with van der Waals surface area (Å²) in [7, 11) is 0. The maximum atomic E-state index is 14.1. The molecule has 4 aliphatic rings. The molecule has 7 nitrogen and oxygen atoms in total. The van der Waals surface area contributed by atoms with Crippen LogP contribution in [-0.2, 0) is 23.9 Å². The highest BCUT2D eigenvalue weighted by molar-refractivity contribution is 6.31. The molecule has 1 N–H and O–H groups in total. The zero-order valence-electron chi connectivity index (χ0n) is 23.1. The lowest BCUT2D eigenvalue weighted by atomic mass is 9.55. The third kappa shape index (κ3) is 4.52. The Hall–Kier alpha value is -3.97. The molecule has 2 bridgehead atoms. The van der Waals surface area contributed by atoms with Gasteiger partial charge in [-0.15, -0.1) is 0 Å². The molecule has 3 aromatic carbocycles. The second-order valence-electron chi connectivity index (χ2n) is 11.6. The molecule has 3 amide bonds. The van der Waals surface area contributed by atoms with Crippen LogP contribution in [0.4, 0.5) is 5.69 Å². The maximum Gasteiger partial charge on any atom is 0.329 e. The second kappa shape index (κ2) is 10.5. The van der Waals surface area contributed by atoms with Crippen molar-refractivity contribution in [2.45, 2.75) is 45.1 Å². The number of hydrogen-bond acceptors (Lipinski definition) is 5. The number of likely N-dealkylation sites (tertiary alicyclic amines) is 1. The van der Waals surface area contributed by atoms with Gasteiger partial charge >= 0.3 is 5.97 Å². The van der Waals surface area contributed by atoms with E-state index in [0.29, 0.717) is 10.7 Å². The number of amides is 3. The number of nitrogens with one attached hydrogen (secondary N) is 1. The van der Waals surface area contributed by atoms with E-state index in [1.54, 1.807) is 18.2 Å². The lowest BCUT2D eigenvalue weighted by Gasteiger charge is -2.45. The largest absolute Gasteiger partial charge is 0.454 e. The summed E-state index contributed by atoms with van der Waals surface area (Å²) in [5.74, 6) is -3.71. The first-order valence-electron chi connectivity index (χ1n) is 13.9. The van der Waals surface area contributed by atoms with E-state index >= 15 is 0 Å². The van der Waals surface area contributed by atoms with Gasteiger partial charge in [0.05, 0.1) is 11.8 Å². The summed E-state index contributed by atoms with van der Waals surface area (Å²) in [5.41, 5.74) is 5.58. The van der Waals surface area contributed by atoms with E-state index in [0.717, 1.165) is 32.7 Å². The Kier molecular flexibility index (Phi) is 6.94. The van der Waals surface area contributed by atoms with E-state index in [-0.39, 0.29) is 36.0 Å². The molecule has 1 heterocycles. The van der Waals surface area contributed by atoms with Gasteiger partial charge in [-0.25, -0.2) is 4.79 Å². The zero-order chi connectivity index (χ0) is 29.0. The van der Waals surface area contributed by atoms with Gasteiger partial charge in [0.15, 0.2) is 6.61 Å². The Balaban J connectivity index is 1.27. The number of ether oxygens (including phenoxy) is 1. The molecule has 0 aromatic heterocycles. The summed E-state index contributed by atoms with van der Waals surface area (Å²) in [6.07, 6.45) is 0.236. The number of hydrogen-bond donors (Lipinski definition) is 1. The first kappa shape index (κ1) is 27.2. The Labute approximate surface area is 243 Å². The predicted octanol–water partition coefficient (Wildman–Crippen LogP) is 5.44. The van der Waals surface area contributed by atoms with Gasteiger partial charge in [0.25, 0.3) is 5.91 Å². The first-order valence-corrected chi connectivity index (χ1v) is 14.3. The highest BCUT2D eigenvalue weighted by atomic mass is 35.5. The van der Waals surface area contributed by atoms with Crippen LogP contribution in [0.15, 0.2) is 66.7 Å². The van der Waals surface area contributed by atoms with Crippen LogP contribution in [0.25, 0.3) is 0 Å². The Bertz CT molecular complexity index is 1470. The average Bonchev–Trinajstić information content (AvgIpc) is 3.22. The molecule has 8 heteroatoms. The highest BCUT2D eigenvalue weighted by Crippen LogP contribution is 2.61. The SMILES string of the molecule is Cc1ccc(Cl)cc1NC(=O)COC(=O)[C@@H](CC(C)C)N1C(=O)[C@@H]2C3c4ccccc4C(c4ccccc43)[C@@H]2C1=O. The van der Waals surface area contributed by atoms with Gasteiger partial charge in [0, 0.05) is 22.5 Å². The number of aryl methyl sites for hydroxylation is 1. The van der Waals surface area contributed by atoms with Crippen molar-refractivity contribution in [1.29, 1.82) is 0 Å². The summed E-state index contributed by atoms with van der Waals surface area (Å²) in [5, 5.41) is 3.17.